The van der Waals surface area contributed by atoms with Gasteiger partial charge in [-0.1, -0.05) is 6.58 Å². The SMILES string of the molecule is C=CN1C=C(C#N)C=C(c2ccncc2)C1. The average Bonchev–Trinajstić information content (AvgIpc) is 2.39. The van der Waals surface area contributed by atoms with E-state index < -0.39 is 0 Å². The molecule has 0 aliphatic carbocycles. The van der Waals surface area contributed by atoms with Gasteiger partial charge in [-0.3, -0.25) is 4.98 Å². The Bertz CT molecular complexity index is 492. The van der Waals surface area contributed by atoms with Gasteiger partial charge in [-0.25, -0.2) is 0 Å². The molecule has 16 heavy (non-hydrogen) atoms. The van der Waals surface area contributed by atoms with Crippen molar-refractivity contribution in [1.82, 2.24) is 9.88 Å². The maximum atomic E-state index is 8.93. The maximum Gasteiger partial charge on any atom is 0.101 e. The van der Waals surface area contributed by atoms with Crippen molar-refractivity contribution in [2.45, 2.75) is 0 Å². The minimum atomic E-state index is 0.637. The molecule has 3 nitrogen and oxygen atoms in total. The van der Waals surface area contributed by atoms with Crippen LogP contribution in [0.2, 0.25) is 0 Å². The van der Waals surface area contributed by atoms with Gasteiger partial charge in [-0.05, 0) is 35.5 Å². The molecular weight excluding hydrogens is 198 g/mol. The molecule has 1 aliphatic rings. The molecule has 0 fully saturated rings. The Balaban J connectivity index is 2.37. The molecule has 0 saturated carbocycles. The average molecular weight is 209 g/mol. The molecule has 0 radical (unpaired) electrons. The van der Waals surface area contributed by atoms with Gasteiger partial charge in [0.25, 0.3) is 0 Å². The number of hydrogen-bond acceptors (Lipinski definition) is 3. The van der Waals surface area contributed by atoms with Crippen LogP contribution in [0.1, 0.15) is 5.56 Å². The van der Waals surface area contributed by atoms with E-state index in [9.17, 15) is 0 Å². The fourth-order valence-electron chi connectivity index (χ4n) is 1.61. The first-order chi connectivity index (χ1) is 7.83. The minimum absolute atomic E-state index is 0.637. The molecule has 0 atom stereocenters. The highest BCUT2D eigenvalue weighted by atomic mass is 15.1. The van der Waals surface area contributed by atoms with Gasteiger partial charge in [0.1, 0.15) is 6.07 Å². The van der Waals surface area contributed by atoms with Gasteiger partial charge in [-0.2, -0.15) is 5.26 Å². The highest BCUT2D eigenvalue weighted by Gasteiger charge is 2.11. The summed E-state index contributed by atoms with van der Waals surface area (Å²) in [5, 5.41) is 8.93. The molecule has 2 heterocycles. The van der Waals surface area contributed by atoms with E-state index in [0.717, 1.165) is 17.7 Å². The molecule has 0 bridgehead atoms. The van der Waals surface area contributed by atoms with Gasteiger partial charge >= 0.3 is 0 Å². The van der Waals surface area contributed by atoms with Crippen molar-refractivity contribution in [2.75, 3.05) is 6.54 Å². The molecule has 1 aromatic heterocycles. The summed E-state index contributed by atoms with van der Waals surface area (Å²) >= 11 is 0. The molecule has 0 amide bonds. The maximum absolute atomic E-state index is 8.93. The highest BCUT2D eigenvalue weighted by molar-refractivity contribution is 5.72. The van der Waals surface area contributed by atoms with Crippen LogP contribution in [0.4, 0.5) is 0 Å². The van der Waals surface area contributed by atoms with Crippen molar-refractivity contribution in [3.05, 3.63) is 60.7 Å². The normalized spacial score (nSPS) is 14.8. The molecule has 1 aliphatic heterocycles. The van der Waals surface area contributed by atoms with Gasteiger partial charge in [0.15, 0.2) is 0 Å². The second-order valence-corrected chi connectivity index (χ2v) is 3.46. The summed E-state index contributed by atoms with van der Waals surface area (Å²) in [6.45, 7) is 4.45. The van der Waals surface area contributed by atoms with E-state index >= 15 is 0 Å². The monoisotopic (exact) mass is 209 g/mol. The van der Waals surface area contributed by atoms with E-state index in [2.05, 4.69) is 17.6 Å². The Labute approximate surface area is 94.6 Å². The first kappa shape index (κ1) is 10.2. The van der Waals surface area contributed by atoms with E-state index in [1.54, 1.807) is 24.8 Å². The molecule has 0 aromatic carbocycles. The topological polar surface area (TPSA) is 39.9 Å². The summed E-state index contributed by atoms with van der Waals surface area (Å²) < 4.78 is 0. The van der Waals surface area contributed by atoms with Crippen LogP contribution in [0.5, 0.6) is 0 Å². The van der Waals surface area contributed by atoms with E-state index in [4.69, 9.17) is 5.26 Å². The molecule has 0 saturated heterocycles. The van der Waals surface area contributed by atoms with Crippen LogP contribution < -0.4 is 0 Å². The molecule has 2 rings (SSSR count). The van der Waals surface area contributed by atoms with Gasteiger partial charge in [-0.15, -0.1) is 0 Å². The number of rotatable bonds is 2. The van der Waals surface area contributed by atoms with Crippen LogP contribution in [0, 0.1) is 11.3 Å². The van der Waals surface area contributed by atoms with Crippen molar-refractivity contribution in [2.24, 2.45) is 0 Å². The Morgan fingerprint density at radius 1 is 1.44 bits per heavy atom. The van der Waals surface area contributed by atoms with Crippen LogP contribution in [-0.2, 0) is 0 Å². The number of nitriles is 1. The standard InChI is InChI=1S/C13H11N3/c1-2-16-9-11(8-14)7-13(10-16)12-3-5-15-6-4-12/h2-7,9H,1,10H2. The van der Waals surface area contributed by atoms with E-state index in [1.807, 2.05) is 23.1 Å². The Kier molecular flexibility index (Phi) is 2.84. The zero-order chi connectivity index (χ0) is 11.4. The fourth-order valence-corrected chi connectivity index (χ4v) is 1.61. The summed E-state index contributed by atoms with van der Waals surface area (Å²) in [6.07, 6.45) is 8.90. The third-order valence-corrected chi connectivity index (χ3v) is 2.40. The Morgan fingerprint density at radius 2 is 2.19 bits per heavy atom. The molecule has 1 aromatic rings. The van der Waals surface area contributed by atoms with Crippen LogP contribution in [0.3, 0.4) is 0 Å². The largest absolute Gasteiger partial charge is 0.349 e. The van der Waals surface area contributed by atoms with Gasteiger partial charge in [0.2, 0.25) is 0 Å². The minimum Gasteiger partial charge on any atom is -0.349 e. The van der Waals surface area contributed by atoms with Crippen LogP contribution >= 0.6 is 0 Å². The number of nitrogens with zero attached hydrogens (tertiary/aromatic N) is 3. The third kappa shape index (κ3) is 2.01. The molecule has 3 heteroatoms. The van der Waals surface area contributed by atoms with E-state index in [1.165, 1.54) is 0 Å². The second kappa shape index (κ2) is 4.45. The Hall–Kier alpha value is -2.34. The van der Waals surface area contributed by atoms with Crippen molar-refractivity contribution >= 4 is 5.57 Å². The van der Waals surface area contributed by atoms with Crippen molar-refractivity contribution in [1.29, 1.82) is 5.26 Å². The first-order valence-corrected chi connectivity index (χ1v) is 4.94. The van der Waals surface area contributed by atoms with Crippen molar-refractivity contribution in [3.8, 4) is 6.07 Å². The van der Waals surface area contributed by atoms with Crippen molar-refractivity contribution in [3.63, 3.8) is 0 Å². The smallest absolute Gasteiger partial charge is 0.101 e. The number of pyridine rings is 1. The van der Waals surface area contributed by atoms with Crippen LogP contribution in [-0.4, -0.2) is 16.4 Å². The predicted molar refractivity (Wildman–Crippen MR) is 62.8 cm³/mol. The Morgan fingerprint density at radius 3 is 2.81 bits per heavy atom. The lowest BCUT2D eigenvalue weighted by molar-refractivity contribution is 0.567. The van der Waals surface area contributed by atoms with Gasteiger partial charge < -0.3 is 4.90 Å². The zero-order valence-electron chi connectivity index (χ0n) is 8.80. The highest BCUT2D eigenvalue weighted by Crippen LogP contribution is 2.21. The number of hydrogen-bond donors (Lipinski definition) is 0. The summed E-state index contributed by atoms with van der Waals surface area (Å²) in [5.74, 6) is 0. The lowest BCUT2D eigenvalue weighted by atomic mass is 10.0. The van der Waals surface area contributed by atoms with Crippen LogP contribution in [0.15, 0.2) is 55.2 Å². The van der Waals surface area contributed by atoms with E-state index in [-0.39, 0.29) is 0 Å². The van der Waals surface area contributed by atoms with Crippen LogP contribution in [0.25, 0.3) is 5.57 Å². The molecule has 0 unspecified atom stereocenters. The summed E-state index contributed by atoms with van der Waals surface area (Å²) in [5.41, 5.74) is 2.82. The fraction of sp³-hybridized carbons (Fsp3) is 0.0769. The summed E-state index contributed by atoms with van der Waals surface area (Å²) in [6, 6.07) is 6.02. The number of aromatic nitrogens is 1. The first-order valence-electron chi connectivity index (χ1n) is 4.94. The summed E-state index contributed by atoms with van der Waals surface area (Å²) in [7, 11) is 0. The molecule has 0 spiro atoms. The second-order valence-electron chi connectivity index (χ2n) is 3.46. The third-order valence-electron chi connectivity index (χ3n) is 2.40. The molecule has 0 N–H and O–H groups in total. The quantitative estimate of drug-likeness (QED) is 0.750. The lowest BCUT2D eigenvalue weighted by Gasteiger charge is -2.21. The predicted octanol–water partition coefficient (Wildman–Crippen LogP) is 2.33. The number of allylic oxidation sites excluding steroid dienone is 2. The van der Waals surface area contributed by atoms with Gasteiger partial charge in [0.05, 0.1) is 5.57 Å². The zero-order valence-corrected chi connectivity index (χ0v) is 8.80. The van der Waals surface area contributed by atoms with Gasteiger partial charge in [0, 0.05) is 25.1 Å². The molecule has 78 valence electrons. The lowest BCUT2D eigenvalue weighted by Crippen LogP contribution is -2.16. The van der Waals surface area contributed by atoms with Crippen molar-refractivity contribution < 1.29 is 0 Å². The summed E-state index contributed by atoms with van der Waals surface area (Å²) in [4.78, 5) is 5.88. The molecular formula is C13H11N3. The van der Waals surface area contributed by atoms with E-state index in [0.29, 0.717) is 5.57 Å².